The number of carbonyl (C=O) groups excluding carboxylic acids is 1. The van der Waals surface area contributed by atoms with Crippen molar-refractivity contribution < 1.29 is 17.9 Å². The molecule has 0 saturated carbocycles. The second-order valence-corrected chi connectivity index (χ2v) is 9.88. The van der Waals surface area contributed by atoms with Crippen LogP contribution >= 0.6 is 11.3 Å². The van der Waals surface area contributed by atoms with Gasteiger partial charge in [-0.3, -0.25) is 9.52 Å². The zero-order chi connectivity index (χ0) is 21.6. The molecule has 0 saturated heterocycles. The number of nitrogens with zero attached hydrogens (tertiary/aromatic N) is 1. The van der Waals surface area contributed by atoms with Crippen molar-refractivity contribution in [3.05, 3.63) is 47.5 Å². The standard InChI is InChI=1S/C21H25N3O4S2/c1-3-30(26,27)24-16-13-12-15(14-18(16)28-2)22-20(25)10-6-7-11-21-23-17-8-4-5-9-19(17)29-21/h4-5,8-9,12-14,24H,3,6-7,10-11H2,1-2H3,(H,22,25). The van der Waals surface area contributed by atoms with E-state index >= 15 is 0 Å². The monoisotopic (exact) mass is 447 g/mol. The number of rotatable bonds is 10. The van der Waals surface area contributed by atoms with E-state index in [4.69, 9.17) is 4.74 Å². The van der Waals surface area contributed by atoms with Crippen LogP contribution in [-0.4, -0.2) is 32.2 Å². The van der Waals surface area contributed by atoms with E-state index in [9.17, 15) is 13.2 Å². The van der Waals surface area contributed by atoms with Crippen LogP contribution in [0, 0.1) is 0 Å². The lowest BCUT2D eigenvalue weighted by molar-refractivity contribution is -0.116. The normalized spacial score (nSPS) is 11.4. The van der Waals surface area contributed by atoms with Gasteiger partial charge < -0.3 is 10.1 Å². The molecule has 160 valence electrons. The molecule has 1 aromatic heterocycles. The Balaban J connectivity index is 1.49. The number of ether oxygens (including phenoxy) is 1. The fourth-order valence-electron chi connectivity index (χ4n) is 2.91. The van der Waals surface area contributed by atoms with Gasteiger partial charge in [0.15, 0.2) is 0 Å². The Morgan fingerprint density at radius 2 is 1.97 bits per heavy atom. The van der Waals surface area contributed by atoms with Crippen molar-refractivity contribution in [2.75, 3.05) is 22.9 Å². The fraction of sp³-hybridized carbons (Fsp3) is 0.333. The largest absolute Gasteiger partial charge is 0.494 e. The molecule has 0 spiro atoms. The lowest BCUT2D eigenvalue weighted by Crippen LogP contribution is -2.15. The summed E-state index contributed by atoms with van der Waals surface area (Å²) in [5, 5.41) is 3.92. The van der Waals surface area contributed by atoms with Crippen LogP contribution in [0.3, 0.4) is 0 Å². The molecule has 3 rings (SSSR count). The molecule has 0 atom stereocenters. The Morgan fingerprint density at radius 3 is 2.70 bits per heavy atom. The first-order valence-electron chi connectivity index (χ1n) is 9.73. The van der Waals surface area contributed by atoms with Gasteiger partial charge in [0.25, 0.3) is 0 Å². The van der Waals surface area contributed by atoms with Gasteiger partial charge in [-0.1, -0.05) is 12.1 Å². The quantitative estimate of drug-likeness (QED) is 0.449. The second kappa shape index (κ2) is 9.90. The third-order valence-corrected chi connectivity index (χ3v) is 6.90. The van der Waals surface area contributed by atoms with Crippen LogP contribution in [0.15, 0.2) is 42.5 Å². The Kier molecular flexibility index (Phi) is 7.28. The first-order chi connectivity index (χ1) is 14.4. The van der Waals surface area contributed by atoms with E-state index in [0.29, 0.717) is 23.5 Å². The highest BCUT2D eigenvalue weighted by molar-refractivity contribution is 7.92. The first-order valence-corrected chi connectivity index (χ1v) is 12.2. The number of nitrogens with one attached hydrogen (secondary N) is 2. The van der Waals surface area contributed by atoms with Crippen LogP contribution in [0.1, 0.15) is 31.2 Å². The Hall–Kier alpha value is -2.65. The number of benzene rings is 2. The molecule has 0 radical (unpaired) electrons. The number of aryl methyl sites for hydroxylation is 1. The van der Waals surface area contributed by atoms with Crippen molar-refractivity contribution in [2.24, 2.45) is 0 Å². The first kappa shape index (κ1) is 22.0. The number of thiazole rings is 1. The van der Waals surface area contributed by atoms with Gasteiger partial charge in [0, 0.05) is 18.2 Å². The number of amides is 1. The van der Waals surface area contributed by atoms with E-state index in [2.05, 4.69) is 21.1 Å². The average Bonchev–Trinajstić information content (AvgIpc) is 3.15. The lowest BCUT2D eigenvalue weighted by atomic mass is 10.2. The van der Waals surface area contributed by atoms with Crippen LogP contribution in [0.5, 0.6) is 5.75 Å². The highest BCUT2D eigenvalue weighted by Crippen LogP contribution is 2.29. The average molecular weight is 448 g/mol. The van der Waals surface area contributed by atoms with E-state index in [1.807, 2.05) is 18.2 Å². The molecule has 0 aliphatic heterocycles. The van der Waals surface area contributed by atoms with Crippen LogP contribution in [0.25, 0.3) is 10.2 Å². The highest BCUT2D eigenvalue weighted by atomic mass is 32.2. The van der Waals surface area contributed by atoms with E-state index in [0.717, 1.165) is 29.8 Å². The zero-order valence-corrected chi connectivity index (χ0v) is 18.6. The van der Waals surface area contributed by atoms with Crippen LogP contribution in [0.2, 0.25) is 0 Å². The number of aromatic nitrogens is 1. The second-order valence-electron chi connectivity index (χ2n) is 6.75. The van der Waals surface area contributed by atoms with Crippen molar-refractivity contribution in [1.29, 1.82) is 0 Å². The molecule has 0 fully saturated rings. The van der Waals surface area contributed by atoms with Gasteiger partial charge in [0.05, 0.1) is 33.8 Å². The van der Waals surface area contributed by atoms with Crippen molar-refractivity contribution >= 4 is 48.9 Å². The third-order valence-electron chi connectivity index (χ3n) is 4.51. The van der Waals surface area contributed by atoms with Gasteiger partial charge >= 0.3 is 0 Å². The Bertz CT molecular complexity index is 1090. The molecule has 2 aromatic carbocycles. The number of anilines is 2. The summed E-state index contributed by atoms with van der Waals surface area (Å²) in [4.78, 5) is 16.9. The molecule has 1 heterocycles. The summed E-state index contributed by atoms with van der Waals surface area (Å²) in [5.74, 6) is 0.218. The minimum atomic E-state index is -3.41. The number of para-hydroxylation sites is 1. The third kappa shape index (κ3) is 5.93. The molecule has 2 N–H and O–H groups in total. The van der Waals surface area contributed by atoms with Gasteiger partial charge in [-0.05, 0) is 50.5 Å². The number of sulfonamides is 1. The van der Waals surface area contributed by atoms with E-state index in [1.54, 1.807) is 36.5 Å². The van der Waals surface area contributed by atoms with Crippen molar-refractivity contribution in [3.63, 3.8) is 0 Å². The van der Waals surface area contributed by atoms with E-state index in [-0.39, 0.29) is 11.7 Å². The molecule has 3 aromatic rings. The number of unbranched alkanes of at least 4 members (excludes halogenated alkanes) is 1. The number of fused-ring (bicyclic) bond motifs is 1. The highest BCUT2D eigenvalue weighted by Gasteiger charge is 2.13. The maximum absolute atomic E-state index is 12.2. The van der Waals surface area contributed by atoms with E-state index in [1.165, 1.54) is 11.8 Å². The summed E-state index contributed by atoms with van der Waals surface area (Å²) in [5.41, 5.74) is 1.92. The van der Waals surface area contributed by atoms with E-state index < -0.39 is 10.0 Å². The molecule has 30 heavy (non-hydrogen) atoms. The number of methoxy groups -OCH3 is 1. The molecular formula is C21H25N3O4S2. The molecule has 9 heteroatoms. The SMILES string of the molecule is CCS(=O)(=O)Nc1ccc(NC(=O)CCCCc2nc3ccccc3s2)cc1OC. The van der Waals surface area contributed by atoms with Gasteiger partial charge in [-0.15, -0.1) is 11.3 Å². The van der Waals surface area contributed by atoms with Gasteiger partial charge in [0.1, 0.15) is 5.75 Å². The lowest BCUT2D eigenvalue weighted by Gasteiger charge is -2.13. The van der Waals surface area contributed by atoms with Gasteiger partial charge in [-0.25, -0.2) is 13.4 Å². The molecule has 0 unspecified atom stereocenters. The van der Waals surface area contributed by atoms with Crippen molar-refractivity contribution in [2.45, 2.75) is 32.6 Å². The molecule has 1 amide bonds. The molecule has 0 bridgehead atoms. The predicted molar refractivity (Wildman–Crippen MR) is 122 cm³/mol. The summed E-state index contributed by atoms with van der Waals surface area (Å²) in [6.07, 6.45) is 2.89. The number of hydrogen-bond donors (Lipinski definition) is 2. The molecule has 7 nitrogen and oxygen atoms in total. The van der Waals surface area contributed by atoms with Crippen molar-refractivity contribution in [3.8, 4) is 5.75 Å². The van der Waals surface area contributed by atoms with Crippen LogP contribution < -0.4 is 14.8 Å². The zero-order valence-electron chi connectivity index (χ0n) is 17.0. The van der Waals surface area contributed by atoms with Gasteiger partial charge in [0.2, 0.25) is 15.9 Å². The summed E-state index contributed by atoms with van der Waals surface area (Å²) in [6, 6.07) is 12.9. The minimum absolute atomic E-state index is 0.0361. The molecular weight excluding hydrogens is 422 g/mol. The predicted octanol–water partition coefficient (Wildman–Crippen LogP) is 4.42. The summed E-state index contributed by atoms with van der Waals surface area (Å²) in [6.45, 7) is 1.56. The van der Waals surface area contributed by atoms with Crippen LogP contribution in [-0.2, 0) is 21.2 Å². The summed E-state index contributed by atoms with van der Waals surface area (Å²) >= 11 is 1.70. The molecule has 0 aliphatic carbocycles. The minimum Gasteiger partial charge on any atom is -0.494 e. The maximum atomic E-state index is 12.2. The van der Waals surface area contributed by atoms with Crippen LogP contribution in [0.4, 0.5) is 11.4 Å². The van der Waals surface area contributed by atoms with Crippen molar-refractivity contribution in [1.82, 2.24) is 4.98 Å². The fourth-order valence-corrected chi connectivity index (χ4v) is 4.56. The summed E-state index contributed by atoms with van der Waals surface area (Å²) < 4.78 is 32.4. The topological polar surface area (TPSA) is 97.4 Å². The van der Waals surface area contributed by atoms with Gasteiger partial charge in [-0.2, -0.15) is 0 Å². The molecule has 0 aliphatic rings. The maximum Gasteiger partial charge on any atom is 0.232 e. The number of carbonyl (C=O) groups is 1. The Labute approximate surface area is 180 Å². The summed E-state index contributed by atoms with van der Waals surface area (Å²) in [7, 11) is -1.96. The smallest absolute Gasteiger partial charge is 0.232 e. The Morgan fingerprint density at radius 1 is 1.17 bits per heavy atom. The number of hydrogen-bond acceptors (Lipinski definition) is 6.